The molecular formula is C14H21N3O3. The summed E-state index contributed by atoms with van der Waals surface area (Å²) < 4.78 is 10.7. The van der Waals surface area contributed by atoms with Gasteiger partial charge in [0.1, 0.15) is 0 Å². The van der Waals surface area contributed by atoms with Crippen LogP contribution in [0.15, 0.2) is 10.6 Å². The third kappa shape index (κ3) is 3.02. The zero-order valence-electron chi connectivity index (χ0n) is 11.9. The predicted octanol–water partition coefficient (Wildman–Crippen LogP) is 0.920. The van der Waals surface area contributed by atoms with Gasteiger partial charge in [0.05, 0.1) is 11.8 Å². The molecule has 2 aliphatic heterocycles. The quantitative estimate of drug-likeness (QED) is 0.823. The molecule has 0 N–H and O–H groups in total. The second-order valence-corrected chi connectivity index (χ2v) is 5.56. The maximum absolute atomic E-state index is 12.2. The topological polar surface area (TPSA) is 58.8 Å². The van der Waals surface area contributed by atoms with Gasteiger partial charge in [0.15, 0.2) is 0 Å². The molecule has 2 fully saturated rings. The van der Waals surface area contributed by atoms with E-state index in [0.717, 1.165) is 51.4 Å². The fraction of sp³-hybridized carbons (Fsp3) is 0.714. The standard InChI is InChI=1S/C14H21N3O3/c1-11-9-13(20-15-11)14(18)17-6-4-16(5-7-17)10-12-3-2-8-19-12/h9,12H,2-8,10H2,1H3/t12-/m0/s1. The average molecular weight is 279 g/mol. The number of piperazine rings is 1. The lowest BCUT2D eigenvalue weighted by molar-refractivity contribution is 0.0412. The normalized spacial score (nSPS) is 24.2. The molecule has 6 heteroatoms. The zero-order valence-corrected chi connectivity index (χ0v) is 11.9. The second kappa shape index (κ2) is 5.93. The van der Waals surface area contributed by atoms with E-state index in [4.69, 9.17) is 9.26 Å². The van der Waals surface area contributed by atoms with E-state index in [9.17, 15) is 4.79 Å². The van der Waals surface area contributed by atoms with Crippen molar-refractivity contribution in [2.45, 2.75) is 25.9 Å². The lowest BCUT2D eigenvalue weighted by atomic mass is 10.2. The van der Waals surface area contributed by atoms with E-state index in [-0.39, 0.29) is 5.91 Å². The van der Waals surface area contributed by atoms with E-state index in [0.29, 0.717) is 11.9 Å². The molecule has 1 atom stereocenters. The van der Waals surface area contributed by atoms with Crippen LogP contribution in [0.3, 0.4) is 0 Å². The summed E-state index contributed by atoms with van der Waals surface area (Å²) in [6.45, 7) is 6.99. The van der Waals surface area contributed by atoms with Crippen molar-refractivity contribution in [3.8, 4) is 0 Å². The number of nitrogens with zero attached hydrogens (tertiary/aromatic N) is 3. The number of hydrogen-bond donors (Lipinski definition) is 0. The monoisotopic (exact) mass is 279 g/mol. The van der Waals surface area contributed by atoms with Gasteiger partial charge < -0.3 is 14.2 Å². The number of hydrogen-bond acceptors (Lipinski definition) is 5. The van der Waals surface area contributed by atoms with Crippen LogP contribution >= 0.6 is 0 Å². The van der Waals surface area contributed by atoms with Gasteiger partial charge in [-0.15, -0.1) is 0 Å². The van der Waals surface area contributed by atoms with Gasteiger partial charge in [-0.25, -0.2) is 0 Å². The van der Waals surface area contributed by atoms with Crippen molar-refractivity contribution >= 4 is 5.91 Å². The molecule has 1 amide bonds. The molecule has 0 bridgehead atoms. The lowest BCUT2D eigenvalue weighted by Gasteiger charge is -2.35. The smallest absolute Gasteiger partial charge is 0.292 e. The van der Waals surface area contributed by atoms with Crippen LogP contribution in [0.1, 0.15) is 29.1 Å². The molecule has 1 aromatic rings. The molecule has 0 spiro atoms. The Morgan fingerprint density at radius 1 is 1.40 bits per heavy atom. The van der Waals surface area contributed by atoms with Crippen LogP contribution in [0, 0.1) is 6.92 Å². The Balaban J connectivity index is 1.49. The Labute approximate surface area is 118 Å². The summed E-state index contributed by atoms with van der Waals surface area (Å²) in [6, 6.07) is 1.70. The fourth-order valence-electron chi connectivity index (χ4n) is 2.83. The molecule has 3 heterocycles. The molecule has 3 rings (SSSR count). The molecule has 6 nitrogen and oxygen atoms in total. The average Bonchev–Trinajstić information content (AvgIpc) is 3.10. The van der Waals surface area contributed by atoms with E-state index in [1.165, 1.54) is 6.42 Å². The maximum atomic E-state index is 12.2. The first-order chi connectivity index (χ1) is 9.72. The molecule has 0 aliphatic carbocycles. The zero-order chi connectivity index (χ0) is 13.9. The van der Waals surface area contributed by atoms with Crippen molar-refractivity contribution in [2.75, 3.05) is 39.3 Å². The summed E-state index contributed by atoms with van der Waals surface area (Å²) in [5.74, 6) is 0.289. The van der Waals surface area contributed by atoms with Crippen LogP contribution in [-0.2, 0) is 4.74 Å². The molecule has 20 heavy (non-hydrogen) atoms. The molecule has 0 radical (unpaired) electrons. The summed E-state index contributed by atoms with van der Waals surface area (Å²) in [5, 5.41) is 3.77. The third-order valence-electron chi connectivity index (χ3n) is 3.98. The van der Waals surface area contributed by atoms with E-state index in [1.54, 1.807) is 6.07 Å². The highest BCUT2D eigenvalue weighted by molar-refractivity contribution is 5.91. The molecular weight excluding hydrogens is 258 g/mol. The fourth-order valence-corrected chi connectivity index (χ4v) is 2.83. The number of ether oxygens (including phenoxy) is 1. The van der Waals surface area contributed by atoms with E-state index >= 15 is 0 Å². The molecule has 0 unspecified atom stereocenters. The summed E-state index contributed by atoms with van der Waals surface area (Å²) >= 11 is 0. The molecule has 1 aromatic heterocycles. The number of carbonyl (C=O) groups excluding carboxylic acids is 1. The van der Waals surface area contributed by atoms with Gasteiger partial charge in [0.2, 0.25) is 5.76 Å². The molecule has 2 aliphatic rings. The highest BCUT2D eigenvalue weighted by Gasteiger charge is 2.26. The number of amides is 1. The van der Waals surface area contributed by atoms with E-state index in [1.807, 2.05) is 11.8 Å². The van der Waals surface area contributed by atoms with E-state index in [2.05, 4.69) is 10.1 Å². The summed E-state index contributed by atoms with van der Waals surface area (Å²) in [6.07, 6.45) is 2.72. The van der Waals surface area contributed by atoms with Crippen LogP contribution in [0.2, 0.25) is 0 Å². The van der Waals surface area contributed by atoms with Crippen molar-refractivity contribution in [3.05, 3.63) is 17.5 Å². The minimum atomic E-state index is -0.0534. The molecule has 0 saturated carbocycles. The molecule has 0 aromatic carbocycles. The van der Waals surface area contributed by atoms with Gasteiger partial charge in [-0.05, 0) is 19.8 Å². The summed E-state index contributed by atoms with van der Waals surface area (Å²) in [5.41, 5.74) is 0.741. The van der Waals surface area contributed by atoms with Gasteiger partial charge >= 0.3 is 0 Å². The molecule has 2 saturated heterocycles. The largest absolute Gasteiger partial charge is 0.377 e. The number of aromatic nitrogens is 1. The van der Waals surface area contributed by atoms with Crippen molar-refractivity contribution in [2.24, 2.45) is 0 Å². The highest BCUT2D eigenvalue weighted by Crippen LogP contribution is 2.15. The minimum Gasteiger partial charge on any atom is -0.377 e. The van der Waals surface area contributed by atoms with Crippen LogP contribution in [0.25, 0.3) is 0 Å². The van der Waals surface area contributed by atoms with Crippen LogP contribution in [-0.4, -0.2) is 66.3 Å². The number of rotatable bonds is 3. The van der Waals surface area contributed by atoms with Crippen LogP contribution in [0.4, 0.5) is 0 Å². The summed E-state index contributed by atoms with van der Waals surface area (Å²) in [4.78, 5) is 16.4. The van der Waals surface area contributed by atoms with Gasteiger partial charge in [-0.1, -0.05) is 5.16 Å². The van der Waals surface area contributed by atoms with Gasteiger partial charge in [0, 0.05) is 45.4 Å². The number of aryl methyl sites for hydroxylation is 1. The van der Waals surface area contributed by atoms with Gasteiger partial charge in [-0.3, -0.25) is 9.69 Å². The number of carbonyl (C=O) groups is 1. The first kappa shape index (κ1) is 13.6. The third-order valence-corrected chi connectivity index (χ3v) is 3.98. The molecule has 110 valence electrons. The lowest BCUT2D eigenvalue weighted by Crippen LogP contribution is -2.50. The van der Waals surface area contributed by atoms with Crippen LogP contribution in [0.5, 0.6) is 0 Å². The van der Waals surface area contributed by atoms with Crippen molar-refractivity contribution in [1.82, 2.24) is 15.0 Å². The first-order valence-corrected chi connectivity index (χ1v) is 7.29. The highest BCUT2D eigenvalue weighted by atomic mass is 16.5. The Morgan fingerprint density at radius 2 is 2.20 bits per heavy atom. The predicted molar refractivity (Wildman–Crippen MR) is 72.6 cm³/mol. The minimum absolute atomic E-state index is 0.0534. The Hall–Kier alpha value is -1.40. The maximum Gasteiger partial charge on any atom is 0.292 e. The summed E-state index contributed by atoms with van der Waals surface area (Å²) in [7, 11) is 0. The Morgan fingerprint density at radius 3 is 2.80 bits per heavy atom. The SMILES string of the molecule is Cc1cc(C(=O)N2CCN(C[C@@H]3CCCO3)CC2)on1. The first-order valence-electron chi connectivity index (χ1n) is 7.29. The van der Waals surface area contributed by atoms with Crippen molar-refractivity contribution in [1.29, 1.82) is 0 Å². The van der Waals surface area contributed by atoms with Gasteiger partial charge in [-0.2, -0.15) is 0 Å². The van der Waals surface area contributed by atoms with Crippen molar-refractivity contribution in [3.63, 3.8) is 0 Å². The van der Waals surface area contributed by atoms with E-state index < -0.39 is 0 Å². The van der Waals surface area contributed by atoms with Gasteiger partial charge in [0.25, 0.3) is 5.91 Å². The second-order valence-electron chi connectivity index (χ2n) is 5.56. The van der Waals surface area contributed by atoms with Crippen LogP contribution < -0.4 is 0 Å². The Kier molecular flexibility index (Phi) is 4.03. The van der Waals surface area contributed by atoms with Crippen molar-refractivity contribution < 1.29 is 14.1 Å². The Bertz CT molecular complexity index is 460.